The van der Waals surface area contributed by atoms with Crippen LogP contribution in [0.15, 0.2) is 59.8 Å². The number of hydrogen-bond acceptors (Lipinski definition) is 4. The van der Waals surface area contributed by atoms with Gasteiger partial charge in [-0.1, -0.05) is 48.2 Å². The lowest BCUT2D eigenvalue weighted by Crippen LogP contribution is -2.23. The number of aromatic nitrogens is 3. The molecule has 1 amide bonds. The average molecular weight is 406 g/mol. The van der Waals surface area contributed by atoms with Gasteiger partial charge in [0.05, 0.1) is 10.8 Å². The van der Waals surface area contributed by atoms with Gasteiger partial charge >= 0.3 is 6.18 Å². The minimum atomic E-state index is -4.46. The highest BCUT2D eigenvalue weighted by Crippen LogP contribution is 2.31. The van der Waals surface area contributed by atoms with E-state index in [1.165, 1.54) is 23.9 Å². The molecule has 0 aliphatic carbocycles. The van der Waals surface area contributed by atoms with Gasteiger partial charge in [0.25, 0.3) is 0 Å². The maximum Gasteiger partial charge on any atom is 0.416 e. The molecule has 28 heavy (non-hydrogen) atoms. The number of carbonyl (C=O) groups excluding carboxylic acids is 1. The van der Waals surface area contributed by atoms with E-state index in [2.05, 4.69) is 15.5 Å². The van der Waals surface area contributed by atoms with Crippen molar-refractivity contribution >= 4 is 23.4 Å². The minimum absolute atomic E-state index is 0.0928. The number of halogens is 3. The Balaban J connectivity index is 1.69. The molecule has 1 heterocycles. The van der Waals surface area contributed by atoms with Crippen molar-refractivity contribution in [2.45, 2.75) is 23.5 Å². The lowest BCUT2D eigenvalue weighted by Gasteiger charge is -2.13. The molecular weight excluding hydrogens is 389 g/mol. The first-order chi connectivity index (χ1) is 13.3. The van der Waals surface area contributed by atoms with E-state index in [0.29, 0.717) is 11.0 Å². The molecule has 0 bridgehead atoms. The van der Waals surface area contributed by atoms with Gasteiger partial charge in [0, 0.05) is 18.3 Å². The Hall–Kier alpha value is -2.81. The SMILES string of the molecule is C[C@@H](Sc1nnc(-c2ccccc2)n1C)C(=O)Nc1cccc(C(F)(F)F)c1. The summed E-state index contributed by atoms with van der Waals surface area (Å²) in [4.78, 5) is 12.4. The third-order valence-electron chi connectivity index (χ3n) is 3.98. The number of amides is 1. The molecule has 146 valence electrons. The van der Waals surface area contributed by atoms with Gasteiger partial charge in [0.1, 0.15) is 0 Å². The highest BCUT2D eigenvalue weighted by atomic mass is 32.2. The molecular formula is C19H17F3N4OS. The average Bonchev–Trinajstić information content (AvgIpc) is 3.02. The topological polar surface area (TPSA) is 59.8 Å². The molecule has 1 atom stereocenters. The zero-order chi connectivity index (χ0) is 20.3. The summed E-state index contributed by atoms with van der Waals surface area (Å²) in [6.45, 7) is 1.66. The van der Waals surface area contributed by atoms with E-state index < -0.39 is 22.9 Å². The largest absolute Gasteiger partial charge is 0.416 e. The van der Waals surface area contributed by atoms with Crippen molar-refractivity contribution in [1.29, 1.82) is 0 Å². The van der Waals surface area contributed by atoms with E-state index in [0.717, 1.165) is 17.7 Å². The summed E-state index contributed by atoms with van der Waals surface area (Å²) in [5.74, 6) is 0.238. The van der Waals surface area contributed by atoms with E-state index in [4.69, 9.17) is 0 Å². The lowest BCUT2D eigenvalue weighted by molar-refractivity contribution is -0.137. The van der Waals surface area contributed by atoms with Gasteiger partial charge in [0.2, 0.25) is 5.91 Å². The van der Waals surface area contributed by atoms with Crippen molar-refractivity contribution in [3.8, 4) is 11.4 Å². The van der Waals surface area contributed by atoms with Crippen molar-refractivity contribution in [3.05, 3.63) is 60.2 Å². The number of carbonyl (C=O) groups is 1. The fourth-order valence-electron chi connectivity index (χ4n) is 2.48. The van der Waals surface area contributed by atoms with Crippen LogP contribution >= 0.6 is 11.8 Å². The minimum Gasteiger partial charge on any atom is -0.325 e. The molecule has 5 nitrogen and oxygen atoms in total. The van der Waals surface area contributed by atoms with Crippen molar-refractivity contribution in [1.82, 2.24) is 14.8 Å². The fraction of sp³-hybridized carbons (Fsp3) is 0.211. The molecule has 1 N–H and O–H groups in total. The van der Waals surface area contributed by atoms with Gasteiger partial charge in [-0.2, -0.15) is 13.2 Å². The Morgan fingerprint density at radius 1 is 1.11 bits per heavy atom. The quantitative estimate of drug-likeness (QED) is 0.628. The predicted molar refractivity (Wildman–Crippen MR) is 102 cm³/mol. The number of nitrogens with one attached hydrogen (secondary N) is 1. The molecule has 0 radical (unpaired) electrons. The molecule has 3 rings (SSSR count). The molecule has 2 aromatic carbocycles. The third-order valence-corrected chi connectivity index (χ3v) is 5.11. The van der Waals surface area contributed by atoms with E-state index in [9.17, 15) is 18.0 Å². The second-order valence-corrected chi connectivity index (χ2v) is 7.37. The maximum absolute atomic E-state index is 12.8. The smallest absolute Gasteiger partial charge is 0.325 e. The molecule has 9 heteroatoms. The zero-order valence-corrected chi connectivity index (χ0v) is 15.9. The molecule has 0 unspecified atom stereocenters. The summed E-state index contributed by atoms with van der Waals surface area (Å²) in [6.07, 6.45) is -4.46. The van der Waals surface area contributed by atoms with Crippen LogP contribution in [0.5, 0.6) is 0 Å². The highest BCUT2D eigenvalue weighted by Gasteiger charge is 2.30. The Morgan fingerprint density at radius 2 is 1.82 bits per heavy atom. The van der Waals surface area contributed by atoms with Crippen molar-refractivity contribution in [3.63, 3.8) is 0 Å². The van der Waals surface area contributed by atoms with E-state index >= 15 is 0 Å². The summed E-state index contributed by atoms with van der Waals surface area (Å²) in [7, 11) is 1.79. The summed E-state index contributed by atoms with van der Waals surface area (Å²) in [6, 6.07) is 14.0. The maximum atomic E-state index is 12.8. The number of anilines is 1. The summed E-state index contributed by atoms with van der Waals surface area (Å²) in [5.41, 5.74) is 0.173. The van der Waals surface area contributed by atoms with Crippen LogP contribution < -0.4 is 5.32 Å². The molecule has 0 aliphatic heterocycles. The highest BCUT2D eigenvalue weighted by molar-refractivity contribution is 8.00. The first-order valence-electron chi connectivity index (χ1n) is 8.35. The monoisotopic (exact) mass is 406 g/mol. The first-order valence-corrected chi connectivity index (χ1v) is 9.23. The summed E-state index contributed by atoms with van der Waals surface area (Å²) < 4.78 is 40.2. The van der Waals surface area contributed by atoms with Crippen LogP contribution in [0.4, 0.5) is 18.9 Å². The normalized spacial score (nSPS) is 12.6. The number of thioether (sulfide) groups is 1. The van der Waals surface area contributed by atoms with E-state index in [1.54, 1.807) is 18.5 Å². The Kier molecular flexibility index (Phi) is 5.73. The van der Waals surface area contributed by atoms with Crippen LogP contribution in [0.2, 0.25) is 0 Å². The van der Waals surface area contributed by atoms with Crippen LogP contribution in [0, 0.1) is 0 Å². The zero-order valence-electron chi connectivity index (χ0n) is 15.1. The Labute approximate surface area is 164 Å². The fourth-order valence-corrected chi connectivity index (χ4v) is 3.30. The number of benzene rings is 2. The van der Waals surface area contributed by atoms with E-state index in [1.807, 2.05) is 30.3 Å². The van der Waals surface area contributed by atoms with Gasteiger partial charge in [-0.25, -0.2) is 0 Å². The Morgan fingerprint density at radius 3 is 2.50 bits per heavy atom. The summed E-state index contributed by atoms with van der Waals surface area (Å²) in [5, 5.41) is 10.7. The van der Waals surface area contributed by atoms with Crippen molar-refractivity contribution in [2.75, 3.05) is 5.32 Å². The number of alkyl halides is 3. The van der Waals surface area contributed by atoms with Crippen LogP contribution in [0.3, 0.4) is 0 Å². The predicted octanol–water partition coefficient (Wildman–Crippen LogP) is 4.62. The van der Waals surface area contributed by atoms with E-state index in [-0.39, 0.29) is 5.69 Å². The second-order valence-electron chi connectivity index (χ2n) is 6.06. The van der Waals surface area contributed by atoms with Crippen LogP contribution in [-0.4, -0.2) is 25.9 Å². The van der Waals surface area contributed by atoms with Gasteiger partial charge < -0.3 is 9.88 Å². The van der Waals surface area contributed by atoms with Crippen LogP contribution in [-0.2, 0) is 18.0 Å². The third kappa shape index (κ3) is 4.53. The Bertz CT molecular complexity index is 973. The molecule has 3 aromatic rings. The number of hydrogen-bond donors (Lipinski definition) is 1. The molecule has 0 saturated heterocycles. The standard InChI is InChI=1S/C19H17F3N4OS/c1-12(17(27)23-15-10-6-9-14(11-15)19(20,21)22)28-18-25-24-16(26(18)2)13-7-4-3-5-8-13/h3-12H,1-2H3,(H,23,27)/t12-/m1/s1. The van der Waals surface area contributed by atoms with Gasteiger partial charge in [-0.05, 0) is 25.1 Å². The number of rotatable bonds is 5. The lowest BCUT2D eigenvalue weighted by atomic mass is 10.2. The molecule has 0 saturated carbocycles. The molecule has 0 aliphatic rings. The number of nitrogens with zero attached hydrogens (tertiary/aromatic N) is 3. The van der Waals surface area contributed by atoms with Gasteiger partial charge in [-0.15, -0.1) is 10.2 Å². The first kappa shape index (κ1) is 19.9. The van der Waals surface area contributed by atoms with Crippen molar-refractivity contribution in [2.24, 2.45) is 7.05 Å². The summed E-state index contributed by atoms with van der Waals surface area (Å²) >= 11 is 1.18. The van der Waals surface area contributed by atoms with Gasteiger partial charge in [0.15, 0.2) is 11.0 Å². The molecule has 0 fully saturated rings. The van der Waals surface area contributed by atoms with Crippen LogP contribution in [0.1, 0.15) is 12.5 Å². The van der Waals surface area contributed by atoms with Crippen molar-refractivity contribution < 1.29 is 18.0 Å². The van der Waals surface area contributed by atoms with Gasteiger partial charge in [-0.3, -0.25) is 4.79 Å². The molecule has 0 spiro atoms. The second kappa shape index (κ2) is 8.05. The molecule has 1 aromatic heterocycles. The van der Waals surface area contributed by atoms with Crippen LogP contribution in [0.25, 0.3) is 11.4 Å².